The van der Waals surface area contributed by atoms with Crippen molar-refractivity contribution in [3.05, 3.63) is 47.7 Å². The Kier molecular flexibility index (Phi) is 4.03. The number of aromatic nitrogens is 4. The van der Waals surface area contributed by atoms with Gasteiger partial charge in [0.25, 0.3) is 5.91 Å². The minimum atomic E-state index is 0.130. The average Bonchev–Trinajstić information content (AvgIpc) is 3.24. The van der Waals surface area contributed by atoms with Crippen LogP contribution in [0.1, 0.15) is 47.6 Å². The van der Waals surface area contributed by atoms with E-state index in [0.29, 0.717) is 5.92 Å². The summed E-state index contributed by atoms with van der Waals surface area (Å²) in [5.74, 6) is 1.57. The van der Waals surface area contributed by atoms with Crippen LogP contribution in [-0.2, 0) is 6.54 Å². The smallest absolute Gasteiger partial charge is 0.256 e. The van der Waals surface area contributed by atoms with E-state index in [0.717, 1.165) is 60.5 Å². The van der Waals surface area contributed by atoms with Gasteiger partial charge in [-0.15, -0.1) is 10.2 Å². The zero-order valence-corrected chi connectivity index (χ0v) is 14.7. The van der Waals surface area contributed by atoms with Crippen LogP contribution in [0.25, 0.3) is 10.9 Å². The molecule has 1 aliphatic heterocycles. The van der Waals surface area contributed by atoms with E-state index in [9.17, 15) is 4.79 Å². The number of nitrogens with one attached hydrogen (secondary N) is 1. The first-order valence-electron chi connectivity index (χ1n) is 8.93. The molecule has 2 aromatic heterocycles. The lowest BCUT2D eigenvalue weighted by Crippen LogP contribution is -2.38. The second-order valence-corrected chi connectivity index (χ2v) is 6.71. The van der Waals surface area contributed by atoms with Gasteiger partial charge in [0, 0.05) is 42.1 Å². The highest BCUT2D eigenvalue weighted by Crippen LogP contribution is 2.29. The molecule has 0 aliphatic carbocycles. The Balaban J connectivity index is 1.52. The van der Waals surface area contributed by atoms with Gasteiger partial charge in [-0.3, -0.25) is 4.79 Å². The van der Waals surface area contributed by atoms with Gasteiger partial charge < -0.3 is 14.5 Å². The molecule has 3 aromatic rings. The van der Waals surface area contributed by atoms with Gasteiger partial charge in [0.05, 0.1) is 5.56 Å². The van der Waals surface area contributed by atoms with Crippen LogP contribution in [-0.4, -0.2) is 43.6 Å². The molecule has 1 aliphatic rings. The number of para-hydroxylation sites is 1. The van der Waals surface area contributed by atoms with E-state index < -0.39 is 0 Å². The summed E-state index contributed by atoms with van der Waals surface area (Å²) in [6, 6.07) is 8.00. The van der Waals surface area contributed by atoms with Crippen LogP contribution in [0.5, 0.6) is 0 Å². The van der Waals surface area contributed by atoms with Crippen LogP contribution in [0.15, 0.2) is 30.6 Å². The Morgan fingerprint density at radius 3 is 2.80 bits per heavy atom. The summed E-state index contributed by atoms with van der Waals surface area (Å²) in [5, 5.41) is 9.34. The van der Waals surface area contributed by atoms with Crippen LogP contribution in [0, 0.1) is 6.92 Å². The molecule has 0 bridgehead atoms. The first-order valence-corrected chi connectivity index (χ1v) is 8.93. The largest absolute Gasteiger partial charge is 0.358 e. The first-order chi connectivity index (χ1) is 12.2. The van der Waals surface area contributed by atoms with Gasteiger partial charge in [-0.25, -0.2) is 0 Å². The molecule has 130 valence electrons. The van der Waals surface area contributed by atoms with Crippen LogP contribution < -0.4 is 0 Å². The number of likely N-dealkylation sites (tertiary alicyclic amines) is 1. The van der Waals surface area contributed by atoms with Gasteiger partial charge in [-0.2, -0.15) is 0 Å². The summed E-state index contributed by atoms with van der Waals surface area (Å²) in [5.41, 5.74) is 2.78. The zero-order chi connectivity index (χ0) is 17.4. The van der Waals surface area contributed by atoms with Crippen molar-refractivity contribution in [1.82, 2.24) is 24.6 Å². The number of nitrogens with zero attached hydrogens (tertiary/aromatic N) is 4. The van der Waals surface area contributed by atoms with Gasteiger partial charge in [-0.1, -0.05) is 18.2 Å². The number of carbonyl (C=O) groups excluding carboxylic acids is 1. The van der Waals surface area contributed by atoms with Crippen LogP contribution in [0.3, 0.4) is 0 Å². The van der Waals surface area contributed by atoms with Crippen molar-refractivity contribution in [1.29, 1.82) is 0 Å². The minimum absolute atomic E-state index is 0.130. The van der Waals surface area contributed by atoms with E-state index in [1.54, 1.807) is 6.33 Å². The van der Waals surface area contributed by atoms with Gasteiger partial charge in [0.1, 0.15) is 12.2 Å². The number of H-pyrrole nitrogens is 1. The van der Waals surface area contributed by atoms with Crippen molar-refractivity contribution >= 4 is 16.8 Å². The van der Waals surface area contributed by atoms with E-state index in [1.165, 1.54) is 0 Å². The topological polar surface area (TPSA) is 66.8 Å². The SMILES string of the molecule is CCn1cnnc1C1CCN(C(=O)c2c(C)[nH]c3ccccc23)CC1. The lowest BCUT2D eigenvalue weighted by Gasteiger charge is -2.31. The van der Waals surface area contributed by atoms with Crippen LogP contribution >= 0.6 is 0 Å². The maximum atomic E-state index is 13.1. The number of amides is 1. The summed E-state index contributed by atoms with van der Waals surface area (Å²) in [6.07, 6.45) is 3.67. The third-order valence-corrected chi connectivity index (χ3v) is 5.24. The lowest BCUT2D eigenvalue weighted by molar-refractivity contribution is 0.0711. The van der Waals surface area contributed by atoms with Crippen molar-refractivity contribution in [3.63, 3.8) is 0 Å². The summed E-state index contributed by atoms with van der Waals surface area (Å²) in [6.45, 7) is 6.49. The summed E-state index contributed by atoms with van der Waals surface area (Å²) >= 11 is 0. The Labute approximate surface area is 146 Å². The van der Waals surface area contributed by atoms with Gasteiger partial charge in [0.15, 0.2) is 0 Å². The highest BCUT2D eigenvalue weighted by Gasteiger charge is 2.29. The van der Waals surface area contributed by atoms with E-state index >= 15 is 0 Å². The Hall–Kier alpha value is -2.63. The summed E-state index contributed by atoms with van der Waals surface area (Å²) in [4.78, 5) is 18.4. The van der Waals surface area contributed by atoms with Gasteiger partial charge >= 0.3 is 0 Å². The normalized spacial score (nSPS) is 15.8. The third kappa shape index (κ3) is 2.71. The van der Waals surface area contributed by atoms with Crippen LogP contribution in [0.2, 0.25) is 0 Å². The number of benzene rings is 1. The number of fused-ring (bicyclic) bond motifs is 1. The molecule has 0 radical (unpaired) electrons. The number of piperidine rings is 1. The molecule has 25 heavy (non-hydrogen) atoms. The first kappa shape index (κ1) is 15.9. The predicted molar refractivity (Wildman–Crippen MR) is 96.6 cm³/mol. The Bertz CT molecular complexity index is 902. The van der Waals surface area contributed by atoms with E-state index in [-0.39, 0.29) is 5.91 Å². The molecule has 6 heteroatoms. The number of rotatable bonds is 3. The molecule has 0 spiro atoms. The molecule has 3 heterocycles. The molecule has 0 unspecified atom stereocenters. The molecule has 0 saturated carbocycles. The molecule has 0 atom stereocenters. The molecule has 1 N–H and O–H groups in total. The number of aryl methyl sites for hydroxylation is 2. The fraction of sp³-hybridized carbons (Fsp3) is 0.421. The second-order valence-electron chi connectivity index (χ2n) is 6.71. The van der Waals surface area contributed by atoms with E-state index in [2.05, 4.69) is 26.7 Å². The highest BCUT2D eigenvalue weighted by atomic mass is 16.2. The molecule has 4 rings (SSSR count). The number of carbonyl (C=O) groups is 1. The monoisotopic (exact) mass is 337 g/mol. The quantitative estimate of drug-likeness (QED) is 0.798. The van der Waals surface area contributed by atoms with Crippen molar-refractivity contribution < 1.29 is 4.79 Å². The lowest BCUT2D eigenvalue weighted by atomic mass is 9.95. The Morgan fingerprint density at radius 1 is 1.28 bits per heavy atom. The van der Waals surface area contributed by atoms with Crippen molar-refractivity contribution in [3.8, 4) is 0 Å². The highest BCUT2D eigenvalue weighted by molar-refractivity contribution is 6.08. The third-order valence-electron chi connectivity index (χ3n) is 5.24. The standard InChI is InChI=1S/C19H23N5O/c1-3-23-12-20-22-18(23)14-8-10-24(11-9-14)19(25)17-13(2)21-16-7-5-4-6-15(16)17/h4-7,12,14,21H,3,8-11H2,1-2H3. The average molecular weight is 337 g/mol. The molecule has 6 nitrogen and oxygen atoms in total. The minimum Gasteiger partial charge on any atom is -0.358 e. The number of hydrogen-bond donors (Lipinski definition) is 1. The molecule has 1 amide bonds. The van der Waals surface area contributed by atoms with Gasteiger partial charge in [0.2, 0.25) is 0 Å². The fourth-order valence-corrected chi connectivity index (χ4v) is 3.87. The van der Waals surface area contributed by atoms with E-state index in [4.69, 9.17) is 0 Å². The number of hydrogen-bond acceptors (Lipinski definition) is 3. The second kappa shape index (κ2) is 6.35. The van der Waals surface area contributed by atoms with E-state index in [1.807, 2.05) is 36.1 Å². The maximum absolute atomic E-state index is 13.1. The van der Waals surface area contributed by atoms with Crippen LogP contribution in [0.4, 0.5) is 0 Å². The zero-order valence-electron chi connectivity index (χ0n) is 14.7. The predicted octanol–water partition coefficient (Wildman–Crippen LogP) is 3.11. The van der Waals surface area contributed by atoms with Gasteiger partial charge in [-0.05, 0) is 32.8 Å². The number of aromatic amines is 1. The van der Waals surface area contributed by atoms with Crippen molar-refractivity contribution in [2.45, 2.75) is 39.2 Å². The summed E-state index contributed by atoms with van der Waals surface area (Å²) < 4.78 is 2.10. The molecule has 1 aromatic carbocycles. The fourth-order valence-electron chi connectivity index (χ4n) is 3.87. The van der Waals surface area contributed by atoms with Crippen molar-refractivity contribution in [2.75, 3.05) is 13.1 Å². The summed E-state index contributed by atoms with van der Waals surface area (Å²) in [7, 11) is 0. The molecular formula is C19H23N5O. The molecule has 1 fully saturated rings. The Morgan fingerprint density at radius 2 is 2.04 bits per heavy atom. The molecular weight excluding hydrogens is 314 g/mol. The molecule has 1 saturated heterocycles. The maximum Gasteiger partial charge on any atom is 0.256 e. The van der Waals surface area contributed by atoms with Crippen molar-refractivity contribution in [2.24, 2.45) is 0 Å².